The lowest BCUT2D eigenvalue weighted by molar-refractivity contribution is -0.131. The number of Topliss-reactive ketones (excluding diaryl/α,β-unsaturated/α-hetero) is 1. The van der Waals surface area contributed by atoms with Crippen LogP contribution in [0.4, 0.5) is 0 Å². The molecule has 1 aromatic rings. The molecule has 0 heterocycles. The number of carboxylic acids is 1. The molecule has 1 saturated carbocycles. The molecule has 0 unspecified atom stereocenters. The molecule has 0 atom stereocenters. The van der Waals surface area contributed by atoms with E-state index in [1.165, 1.54) is 12.1 Å². The maximum absolute atomic E-state index is 11.3. The van der Waals surface area contributed by atoms with Crippen molar-refractivity contribution in [2.75, 3.05) is 6.61 Å². The number of carbonyl (C=O) groups is 2. The van der Waals surface area contributed by atoms with E-state index in [1.54, 1.807) is 6.07 Å². The van der Waals surface area contributed by atoms with Crippen LogP contribution in [0.5, 0.6) is 5.75 Å². The summed E-state index contributed by atoms with van der Waals surface area (Å²) < 4.78 is 5.45. The fourth-order valence-electron chi connectivity index (χ4n) is 1.40. The molecular formula is C12H11ClO4. The van der Waals surface area contributed by atoms with Crippen molar-refractivity contribution in [3.05, 3.63) is 28.8 Å². The summed E-state index contributed by atoms with van der Waals surface area (Å²) in [6, 6.07) is 4.30. The van der Waals surface area contributed by atoms with Gasteiger partial charge in [-0.1, -0.05) is 11.6 Å². The number of benzene rings is 1. The lowest BCUT2D eigenvalue weighted by atomic mass is 10.1. The summed E-state index contributed by atoms with van der Waals surface area (Å²) in [7, 11) is 0. The summed E-state index contributed by atoms with van der Waals surface area (Å²) in [5, 5.41) is 8.91. The van der Waals surface area contributed by atoms with E-state index in [9.17, 15) is 9.59 Å². The predicted octanol–water partition coefficient (Wildman–Crippen LogP) is 2.40. The molecule has 2 rings (SSSR count). The van der Waals surface area contributed by atoms with Crippen molar-refractivity contribution in [3.63, 3.8) is 0 Å². The molecule has 0 saturated heterocycles. The van der Waals surface area contributed by atoms with E-state index < -0.39 is 11.8 Å². The minimum Gasteiger partial charge on any atom is -0.493 e. The van der Waals surface area contributed by atoms with E-state index >= 15 is 0 Å². The smallest absolute Gasteiger partial charge is 0.377 e. The van der Waals surface area contributed by atoms with Gasteiger partial charge in [0.25, 0.3) is 5.78 Å². The third kappa shape index (κ3) is 3.20. The Morgan fingerprint density at radius 3 is 2.65 bits per heavy atom. The summed E-state index contributed by atoms with van der Waals surface area (Å²) >= 11 is 5.80. The molecule has 0 spiro atoms. The average molecular weight is 255 g/mol. The van der Waals surface area contributed by atoms with Gasteiger partial charge in [0.15, 0.2) is 0 Å². The third-order valence-corrected chi connectivity index (χ3v) is 2.73. The Bertz CT molecular complexity index is 466. The molecule has 17 heavy (non-hydrogen) atoms. The lowest BCUT2D eigenvalue weighted by Crippen LogP contribution is -2.13. The maximum Gasteiger partial charge on any atom is 0.377 e. The Morgan fingerprint density at radius 2 is 2.06 bits per heavy atom. The highest BCUT2D eigenvalue weighted by Crippen LogP contribution is 2.30. The molecule has 0 amide bonds. The van der Waals surface area contributed by atoms with Crippen molar-refractivity contribution in [2.24, 2.45) is 5.92 Å². The Balaban J connectivity index is 2.15. The van der Waals surface area contributed by atoms with Crippen LogP contribution in [-0.2, 0) is 4.79 Å². The molecule has 0 aromatic heterocycles. The highest BCUT2D eigenvalue weighted by atomic mass is 35.5. The molecule has 5 heteroatoms. The zero-order valence-corrected chi connectivity index (χ0v) is 9.74. The number of carboxylic acid groups (broad SMARTS) is 1. The number of hydrogen-bond acceptors (Lipinski definition) is 3. The number of ether oxygens (including phenoxy) is 1. The van der Waals surface area contributed by atoms with Crippen LogP contribution in [0.15, 0.2) is 18.2 Å². The molecule has 1 N–H and O–H groups in total. The Labute approximate surface area is 103 Å². The van der Waals surface area contributed by atoms with Gasteiger partial charge >= 0.3 is 5.97 Å². The number of aliphatic carboxylic acids is 1. The molecule has 1 aromatic carbocycles. The number of carbonyl (C=O) groups excluding carboxylic acids is 1. The molecule has 0 radical (unpaired) electrons. The summed E-state index contributed by atoms with van der Waals surface area (Å²) in [5.41, 5.74) is 0.0378. The first-order chi connectivity index (χ1) is 8.06. The zero-order valence-electron chi connectivity index (χ0n) is 8.98. The van der Waals surface area contributed by atoms with Gasteiger partial charge in [0.1, 0.15) is 5.75 Å². The minimum absolute atomic E-state index is 0.0378. The third-order valence-electron chi connectivity index (χ3n) is 2.51. The topological polar surface area (TPSA) is 63.6 Å². The van der Waals surface area contributed by atoms with Crippen molar-refractivity contribution in [1.29, 1.82) is 0 Å². The molecule has 90 valence electrons. The first-order valence-corrected chi connectivity index (χ1v) is 5.65. The first-order valence-electron chi connectivity index (χ1n) is 5.27. The van der Waals surface area contributed by atoms with Crippen LogP contribution >= 0.6 is 11.6 Å². The Kier molecular flexibility index (Phi) is 3.33. The fourth-order valence-corrected chi connectivity index (χ4v) is 1.62. The number of halogens is 1. The highest BCUT2D eigenvalue weighted by Gasteiger charge is 2.22. The van der Waals surface area contributed by atoms with Crippen LogP contribution in [-0.4, -0.2) is 23.5 Å². The summed E-state index contributed by atoms with van der Waals surface area (Å²) in [6.45, 7) is 0.584. The maximum atomic E-state index is 11.3. The van der Waals surface area contributed by atoms with Gasteiger partial charge in [-0.15, -0.1) is 0 Å². The first kappa shape index (κ1) is 11.9. The molecule has 0 bridgehead atoms. The van der Waals surface area contributed by atoms with Crippen molar-refractivity contribution in [2.45, 2.75) is 12.8 Å². The summed E-state index contributed by atoms with van der Waals surface area (Å²) in [4.78, 5) is 21.9. The van der Waals surface area contributed by atoms with E-state index in [4.69, 9.17) is 21.4 Å². The van der Waals surface area contributed by atoms with Gasteiger partial charge in [0, 0.05) is 10.6 Å². The second-order valence-corrected chi connectivity index (χ2v) is 4.50. The molecule has 0 aliphatic heterocycles. The standard InChI is InChI=1S/C12H11ClO4/c13-9-3-8(11(14)12(15)16)4-10(5-9)17-6-7-1-2-7/h3-5,7H,1-2,6H2,(H,15,16). The van der Waals surface area contributed by atoms with Gasteiger partial charge in [-0.3, -0.25) is 4.79 Å². The van der Waals surface area contributed by atoms with Crippen LogP contribution in [0.1, 0.15) is 23.2 Å². The van der Waals surface area contributed by atoms with Crippen molar-refractivity contribution in [1.82, 2.24) is 0 Å². The zero-order chi connectivity index (χ0) is 12.4. The fraction of sp³-hybridized carbons (Fsp3) is 0.333. The van der Waals surface area contributed by atoms with Gasteiger partial charge in [-0.2, -0.15) is 0 Å². The van der Waals surface area contributed by atoms with Gasteiger partial charge in [0.05, 0.1) is 6.61 Å². The summed E-state index contributed by atoms with van der Waals surface area (Å²) in [6.07, 6.45) is 2.31. The molecule has 1 aliphatic rings. The minimum atomic E-state index is -1.50. The Morgan fingerprint density at radius 1 is 1.35 bits per heavy atom. The van der Waals surface area contributed by atoms with E-state index in [0.29, 0.717) is 23.3 Å². The van der Waals surface area contributed by atoms with Crippen LogP contribution in [0, 0.1) is 5.92 Å². The van der Waals surface area contributed by atoms with Crippen LogP contribution < -0.4 is 4.74 Å². The van der Waals surface area contributed by atoms with E-state index in [-0.39, 0.29) is 5.56 Å². The molecule has 1 fully saturated rings. The van der Waals surface area contributed by atoms with E-state index in [0.717, 1.165) is 12.8 Å². The molecule has 1 aliphatic carbocycles. The van der Waals surface area contributed by atoms with Gasteiger partial charge in [-0.25, -0.2) is 4.79 Å². The molecular weight excluding hydrogens is 244 g/mol. The normalized spacial score (nSPS) is 14.4. The largest absolute Gasteiger partial charge is 0.493 e. The van der Waals surface area contributed by atoms with Crippen molar-refractivity contribution < 1.29 is 19.4 Å². The quantitative estimate of drug-likeness (QED) is 0.647. The van der Waals surface area contributed by atoms with E-state index in [1.807, 2.05) is 0 Å². The highest BCUT2D eigenvalue weighted by molar-refractivity contribution is 6.40. The van der Waals surface area contributed by atoms with Crippen LogP contribution in [0.3, 0.4) is 0 Å². The van der Waals surface area contributed by atoms with Gasteiger partial charge in [0.2, 0.25) is 0 Å². The van der Waals surface area contributed by atoms with Crippen LogP contribution in [0.25, 0.3) is 0 Å². The number of rotatable bonds is 5. The van der Waals surface area contributed by atoms with Gasteiger partial charge in [-0.05, 0) is 37.0 Å². The predicted molar refractivity (Wildman–Crippen MR) is 61.6 cm³/mol. The SMILES string of the molecule is O=C(O)C(=O)c1cc(Cl)cc(OCC2CC2)c1. The van der Waals surface area contributed by atoms with E-state index in [2.05, 4.69) is 0 Å². The Hall–Kier alpha value is -1.55. The van der Waals surface area contributed by atoms with Crippen molar-refractivity contribution in [3.8, 4) is 5.75 Å². The monoisotopic (exact) mass is 254 g/mol. The molecule has 4 nitrogen and oxygen atoms in total. The lowest BCUT2D eigenvalue weighted by Gasteiger charge is -2.07. The number of hydrogen-bond donors (Lipinski definition) is 1. The van der Waals surface area contributed by atoms with Crippen molar-refractivity contribution >= 4 is 23.4 Å². The second-order valence-electron chi connectivity index (χ2n) is 4.06. The summed E-state index contributed by atoms with van der Waals surface area (Å²) in [5.74, 6) is -1.47. The second kappa shape index (κ2) is 4.75. The number of ketones is 1. The van der Waals surface area contributed by atoms with Gasteiger partial charge < -0.3 is 9.84 Å². The van der Waals surface area contributed by atoms with Crippen LogP contribution in [0.2, 0.25) is 5.02 Å². The average Bonchev–Trinajstić information content (AvgIpc) is 3.08.